The molecule has 0 bridgehead atoms. The Morgan fingerprint density at radius 1 is 1.00 bits per heavy atom. The number of carboxylic acids is 1. The molecule has 21 heavy (non-hydrogen) atoms. The quantitative estimate of drug-likeness (QED) is 0.921. The highest BCUT2D eigenvalue weighted by Gasteiger charge is 2.21. The number of rotatable bonds is 4. The van der Waals surface area contributed by atoms with Gasteiger partial charge in [0.05, 0.1) is 6.42 Å². The van der Waals surface area contributed by atoms with Crippen LogP contribution in [0.2, 0.25) is 10.0 Å². The summed E-state index contributed by atoms with van der Waals surface area (Å²) in [6, 6.07) is 5.36. The Balaban J connectivity index is 1.90. The number of halogens is 2. The van der Waals surface area contributed by atoms with Crippen molar-refractivity contribution in [2.45, 2.75) is 12.8 Å². The van der Waals surface area contributed by atoms with Gasteiger partial charge in [0.2, 0.25) is 5.91 Å². The van der Waals surface area contributed by atoms with Crippen LogP contribution in [0.3, 0.4) is 0 Å². The minimum atomic E-state index is -0.949. The van der Waals surface area contributed by atoms with Crippen LogP contribution in [-0.2, 0) is 9.59 Å². The maximum absolute atomic E-state index is 11.9. The molecule has 1 aliphatic rings. The second kappa shape index (κ2) is 7.00. The molecule has 1 heterocycles. The van der Waals surface area contributed by atoms with Crippen LogP contribution >= 0.6 is 23.2 Å². The molecule has 0 saturated carbocycles. The Hall–Kier alpha value is -1.46. The van der Waals surface area contributed by atoms with E-state index in [2.05, 4.69) is 4.90 Å². The molecule has 5 nitrogen and oxygen atoms in total. The van der Waals surface area contributed by atoms with E-state index in [4.69, 9.17) is 28.3 Å². The summed E-state index contributed by atoms with van der Waals surface area (Å²) in [5, 5.41) is 9.76. The van der Waals surface area contributed by atoms with E-state index in [1.165, 1.54) is 0 Å². The van der Waals surface area contributed by atoms with E-state index in [0.29, 0.717) is 36.2 Å². The number of benzene rings is 1. The average Bonchev–Trinajstić information content (AvgIpc) is 2.44. The molecule has 0 aliphatic carbocycles. The molecular weight excluding hydrogens is 315 g/mol. The third-order valence-corrected chi connectivity index (χ3v) is 3.83. The lowest BCUT2D eigenvalue weighted by Gasteiger charge is -2.36. The third-order valence-electron chi connectivity index (χ3n) is 3.40. The number of carbonyl (C=O) groups excluding carboxylic acids is 1. The fraction of sp³-hybridized carbons (Fsp3) is 0.429. The van der Waals surface area contributed by atoms with Gasteiger partial charge in [-0.1, -0.05) is 23.2 Å². The molecule has 7 heteroatoms. The zero-order valence-electron chi connectivity index (χ0n) is 11.4. The summed E-state index contributed by atoms with van der Waals surface area (Å²) < 4.78 is 0. The van der Waals surface area contributed by atoms with E-state index in [1.54, 1.807) is 11.0 Å². The minimum absolute atomic E-state index is 0.0539. The van der Waals surface area contributed by atoms with Gasteiger partial charge >= 0.3 is 5.97 Å². The van der Waals surface area contributed by atoms with Crippen LogP contribution in [0.5, 0.6) is 0 Å². The van der Waals surface area contributed by atoms with Crippen LogP contribution < -0.4 is 4.90 Å². The largest absolute Gasteiger partial charge is 0.481 e. The predicted molar refractivity (Wildman–Crippen MR) is 82.1 cm³/mol. The molecule has 1 saturated heterocycles. The molecule has 1 N–H and O–H groups in total. The number of amides is 1. The Bertz CT molecular complexity index is 523. The highest BCUT2D eigenvalue weighted by molar-refractivity contribution is 6.35. The molecule has 0 spiro atoms. The second-order valence-electron chi connectivity index (χ2n) is 4.89. The normalized spacial score (nSPS) is 15.1. The SMILES string of the molecule is O=C(O)CCC(=O)N1CCN(c2cc(Cl)cc(Cl)c2)CC1. The number of anilines is 1. The first-order chi connectivity index (χ1) is 9.95. The van der Waals surface area contributed by atoms with Crippen molar-refractivity contribution in [2.24, 2.45) is 0 Å². The number of nitrogens with zero attached hydrogens (tertiary/aromatic N) is 2. The van der Waals surface area contributed by atoms with Gasteiger partial charge in [0.25, 0.3) is 0 Å². The van der Waals surface area contributed by atoms with Crippen LogP contribution in [0.25, 0.3) is 0 Å². The number of piperazine rings is 1. The van der Waals surface area contributed by atoms with E-state index in [1.807, 2.05) is 12.1 Å². The smallest absolute Gasteiger partial charge is 0.303 e. The van der Waals surface area contributed by atoms with Gasteiger partial charge < -0.3 is 14.9 Å². The summed E-state index contributed by atoms with van der Waals surface area (Å²) in [6.45, 7) is 2.50. The highest BCUT2D eigenvalue weighted by atomic mass is 35.5. The van der Waals surface area contributed by atoms with Crippen LogP contribution in [-0.4, -0.2) is 48.1 Å². The van der Waals surface area contributed by atoms with Crippen molar-refractivity contribution < 1.29 is 14.7 Å². The van der Waals surface area contributed by atoms with E-state index in [-0.39, 0.29) is 18.7 Å². The number of hydrogen-bond donors (Lipinski definition) is 1. The first-order valence-electron chi connectivity index (χ1n) is 6.66. The fourth-order valence-corrected chi connectivity index (χ4v) is 2.82. The topological polar surface area (TPSA) is 60.9 Å². The third kappa shape index (κ3) is 4.51. The molecule has 1 aromatic rings. The van der Waals surface area contributed by atoms with Crippen molar-refractivity contribution in [3.63, 3.8) is 0 Å². The van der Waals surface area contributed by atoms with E-state index in [0.717, 1.165) is 5.69 Å². The van der Waals surface area contributed by atoms with Crippen molar-refractivity contribution in [2.75, 3.05) is 31.1 Å². The summed E-state index contributed by atoms with van der Waals surface area (Å²) >= 11 is 12.0. The van der Waals surface area contributed by atoms with Gasteiger partial charge in [-0.3, -0.25) is 9.59 Å². The standard InChI is InChI=1S/C14H16Cl2N2O3/c15-10-7-11(16)9-12(8-10)17-3-5-18(6-4-17)13(19)1-2-14(20)21/h7-9H,1-6H2,(H,20,21). The molecule has 1 aromatic carbocycles. The molecule has 1 aliphatic heterocycles. The van der Waals surface area contributed by atoms with Gasteiger partial charge in [-0.2, -0.15) is 0 Å². The van der Waals surface area contributed by atoms with Crippen LogP contribution in [0.15, 0.2) is 18.2 Å². The second-order valence-corrected chi connectivity index (χ2v) is 5.76. The summed E-state index contributed by atoms with van der Waals surface area (Å²) in [5.41, 5.74) is 0.935. The summed E-state index contributed by atoms with van der Waals surface area (Å²) in [4.78, 5) is 26.1. The van der Waals surface area contributed by atoms with Gasteiger partial charge in [-0.05, 0) is 18.2 Å². The Kier molecular flexibility index (Phi) is 5.31. The highest BCUT2D eigenvalue weighted by Crippen LogP contribution is 2.26. The van der Waals surface area contributed by atoms with Crippen LogP contribution in [0.4, 0.5) is 5.69 Å². The predicted octanol–water partition coefficient (Wildman–Crippen LogP) is 2.51. The van der Waals surface area contributed by atoms with Gasteiger partial charge in [-0.25, -0.2) is 0 Å². The average molecular weight is 331 g/mol. The first-order valence-corrected chi connectivity index (χ1v) is 7.42. The maximum Gasteiger partial charge on any atom is 0.303 e. The summed E-state index contributed by atoms with van der Waals surface area (Å²) in [6.07, 6.45) is -0.0682. The van der Waals surface area contributed by atoms with Crippen molar-refractivity contribution in [1.29, 1.82) is 0 Å². The molecular formula is C14H16Cl2N2O3. The van der Waals surface area contributed by atoms with E-state index >= 15 is 0 Å². The van der Waals surface area contributed by atoms with Crippen molar-refractivity contribution in [3.8, 4) is 0 Å². The monoisotopic (exact) mass is 330 g/mol. The van der Waals surface area contributed by atoms with Crippen molar-refractivity contribution in [1.82, 2.24) is 4.90 Å². The number of hydrogen-bond acceptors (Lipinski definition) is 3. The molecule has 0 radical (unpaired) electrons. The van der Waals surface area contributed by atoms with Gasteiger partial charge in [-0.15, -0.1) is 0 Å². The summed E-state index contributed by atoms with van der Waals surface area (Å²) in [7, 11) is 0. The maximum atomic E-state index is 11.9. The number of carboxylic acid groups (broad SMARTS) is 1. The zero-order chi connectivity index (χ0) is 15.4. The Morgan fingerprint density at radius 2 is 1.57 bits per heavy atom. The molecule has 0 atom stereocenters. The molecule has 1 fully saturated rings. The number of carbonyl (C=O) groups is 2. The molecule has 114 valence electrons. The van der Waals surface area contributed by atoms with E-state index in [9.17, 15) is 9.59 Å². The number of aliphatic carboxylic acids is 1. The minimum Gasteiger partial charge on any atom is -0.481 e. The van der Waals surface area contributed by atoms with Crippen LogP contribution in [0, 0.1) is 0 Å². The molecule has 1 amide bonds. The molecule has 0 unspecified atom stereocenters. The Morgan fingerprint density at radius 3 is 2.10 bits per heavy atom. The van der Waals surface area contributed by atoms with Gasteiger partial charge in [0, 0.05) is 48.3 Å². The van der Waals surface area contributed by atoms with E-state index < -0.39 is 5.97 Å². The van der Waals surface area contributed by atoms with Crippen LogP contribution in [0.1, 0.15) is 12.8 Å². The summed E-state index contributed by atoms with van der Waals surface area (Å²) in [5.74, 6) is -1.06. The molecule has 0 aromatic heterocycles. The fourth-order valence-electron chi connectivity index (χ4n) is 2.31. The van der Waals surface area contributed by atoms with Gasteiger partial charge in [0.1, 0.15) is 0 Å². The van der Waals surface area contributed by atoms with Gasteiger partial charge in [0.15, 0.2) is 0 Å². The van der Waals surface area contributed by atoms with Crippen molar-refractivity contribution in [3.05, 3.63) is 28.2 Å². The first kappa shape index (κ1) is 15.9. The van der Waals surface area contributed by atoms with Crippen molar-refractivity contribution >= 4 is 40.8 Å². The lowest BCUT2D eigenvalue weighted by molar-refractivity contribution is -0.141. The Labute approximate surface area is 133 Å². The lowest BCUT2D eigenvalue weighted by Crippen LogP contribution is -2.48. The molecule has 2 rings (SSSR count). The zero-order valence-corrected chi connectivity index (χ0v) is 12.9. The lowest BCUT2D eigenvalue weighted by atomic mass is 10.2.